The van der Waals surface area contributed by atoms with Crippen molar-refractivity contribution in [3.8, 4) is 5.75 Å². The molecule has 1 aromatic carbocycles. The molecule has 0 aliphatic heterocycles. The van der Waals surface area contributed by atoms with E-state index in [1.54, 1.807) is 25.1 Å². The van der Waals surface area contributed by atoms with Gasteiger partial charge in [-0.05, 0) is 44.5 Å². The van der Waals surface area contributed by atoms with Crippen LogP contribution in [0.15, 0.2) is 24.3 Å². The zero-order valence-electron chi connectivity index (χ0n) is 11.6. The lowest BCUT2D eigenvalue weighted by atomic mass is 10.1. The first-order valence-corrected chi connectivity index (χ1v) is 7.44. The molecule has 0 aromatic heterocycles. The summed E-state index contributed by atoms with van der Waals surface area (Å²) in [5.41, 5.74) is 6.44. The number of ether oxygens (including phenoxy) is 1. The lowest BCUT2D eigenvalue weighted by Crippen LogP contribution is -2.21. The molecule has 0 heterocycles. The largest absolute Gasteiger partial charge is 0.751 e. The summed E-state index contributed by atoms with van der Waals surface area (Å²) in [5, 5.41) is 0. The second-order valence-corrected chi connectivity index (χ2v) is 4.84. The van der Waals surface area contributed by atoms with Gasteiger partial charge in [0.25, 0.3) is 0 Å². The summed E-state index contributed by atoms with van der Waals surface area (Å²) in [6.07, 6.45) is -0.237. The van der Waals surface area contributed by atoms with Crippen LogP contribution in [0.25, 0.3) is 0 Å². The Morgan fingerprint density at radius 2 is 2.20 bits per heavy atom. The average Bonchev–Trinajstić information content (AvgIpc) is 2.39. The second kappa shape index (κ2) is 8.64. The van der Waals surface area contributed by atoms with E-state index < -0.39 is 20.3 Å². The standard InChI is InChI=1S/C13H19NO5P/c1-3-17-13(15)10(2)18-20(16)19-12-6-4-5-11(9-12)7-8-14/h4-6,9-10H,3,7-8,14H2,1-2H3/q+1. The monoisotopic (exact) mass is 300 g/mol. The zero-order valence-corrected chi connectivity index (χ0v) is 12.5. The third-order valence-electron chi connectivity index (χ3n) is 2.37. The number of carbonyl (C=O) groups is 1. The molecule has 2 unspecified atom stereocenters. The SMILES string of the molecule is CCOC(=O)C(C)O[P+](=O)Oc1cccc(CCN)c1. The fraction of sp³-hybridized carbons (Fsp3) is 0.462. The Morgan fingerprint density at radius 3 is 2.85 bits per heavy atom. The van der Waals surface area contributed by atoms with Crippen LogP contribution in [0.4, 0.5) is 0 Å². The summed E-state index contributed by atoms with van der Waals surface area (Å²) in [6.45, 7) is 3.90. The molecular formula is C13H19NO5P+. The molecule has 7 heteroatoms. The Hall–Kier alpha value is -1.49. The third kappa shape index (κ3) is 5.65. The van der Waals surface area contributed by atoms with Gasteiger partial charge in [0, 0.05) is 4.57 Å². The van der Waals surface area contributed by atoms with Gasteiger partial charge < -0.3 is 10.5 Å². The minimum Gasteiger partial charge on any atom is -0.464 e. The van der Waals surface area contributed by atoms with Crippen LogP contribution in [0.3, 0.4) is 0 Å². The average molecular weight is 300 g/mol. The van der Waals surface area contributed by atoms with Crippen molar-refractivity contribution in [2.75, 3.05) is 13.2 Å². The highest BCUT2D eigenvalue weighted by atomic mass is 31.1. The van der Waals surface area contributed by atoms with Gasteiger partial charge in [-0.3, -0.25) is 0 Å². The molecular weight excluding hydrogens is 281 g/mol. The van der Waals surface area contributed by atoms with Crippen molar-refractivity contribution in [2.45, 2.75) is 26.4 Å². The van der Waals surface area contributed by atoms with Crippen LogP contribution in [0.5, 0.6) is 5.75 Å². The number of carbonyl (C=O) groups excluding carboxylic acids is 1. The predicted molar refractivity (Wildman–Crippen MR) is 74.6 cm³/mol. The molecule has 6 nitrogen and oxygen atoms in total. The first-order chi connectivity index (χ1) is 9.56. The van der Waals surface area contributed by atoms with Gasteiger partial charge in [-0.2, -0.15) is 0 Å². The highest BCUT2D eigenvalue weighted by Gasteiger charge is 2.31. The number of hydrogen-bond acceptors (Lipinski definition) is 6. The first-order valence-electron chi connectivity index (χ1n) is 6.34. The fourth-order valence-corrected chi connectivity index (χ4v) is 2.14. The van der Waals surface area contributed by atoms with Crippen LogP contribution in [0.1, 0.15) is 19.4 Å². The van der Waals surface area contributed by atoms with Gasteiger partial charge in [0.15, 0.2) is 5.75 Å². The topological polar surface area (TPSA) is 87.8 Å². The van der Waals surface area contributed by atoms with Crippen molar-refractivity contribution < 1.29 is 23.1 Å². The Labute approximate surface area is 119 Å². The molecule has 0 aliphatic rings. The van der Waals surface area contributed by atoms with E-state index in [0.717, 1.165) is 5.56 Å². The molecule has 2 N–H and O–H groups in total. The molecule has 0 amide bonds. The van der Waals surface area contributed by atoms with Crippen molar-refractivity contribution in [2.24, 2.45) is 5.73 Å². The van der Waals surface area contributed by atoms with E-state index in [0.29, 0.717) is 18.7 Å². The van der Waals surface area contributed by atoms with Crippen molar-refractivity contribution in [3.63, 3.8) is 0 Å². The zero-order chi connectivity index (χ0) is 15.0. The van der Waals surface area contributed by atoms with Gasteiger partial charge in [-0.15, -0.1) is 0 Å². The molecule has 1 rings (SSSR count). The molecule has 0 saturated carbocycles. The number of esters is 1. The summed E-state index contributed by atoms with van der Waals surface area (Å²) >= 11 is 0. The second-order valence-electron chi connectivity index (χ2n) is 4.00. The van der Waals surface area contributed by atoms with Gasteiger partial charge in [-0.1, -0.05) is 16.7 Å². The van der Waals surface area contributed by atoms with Gasteiger partial charge in [0.1, 0.15) is 0 Å². The van der Waals surface area contributed by atoms with Crippen LogP contribution in [-0.4, -0.2) is 25.2 Å². The van der Waals surface area contributed by atoms with E-state index in [1.165, 1.54) is 6.92 Å². The van der Waals surface area contributed by atoms with Gasteiger partial charge in [0.2, 0.25) is 6.10 Å². The van der Waals surface area contributed by atoms with Crippen molar-refractivity contribution in [3.05, 3.63) is 29.8 Å². The summed E-state index contributed by atoms with van der Waals surface area (Å²) in [4.78, 5) is 11.3. The summed E-state index contributed by atoms with van der Waals surface area (Å²) in [5.74, 6) is -0.163. The number of hydrogen-bond donors (Lipinski definition) is 1. The lowest BCUT2D eigenvalue weighted by molar-refractivity contribution is -0.150. The minimum atomic E-state index is -2.44. The van der Waals surface area contributed by atoms with Crippen LogP contribution in [-0.2, 0) is 25.0 Å². The van der Waals surface area contributed by atoms with Crippen LogP contribution in [0.2, 0.25) is 0 Å². The van der Waals surface area contributed by atoms with Gasteiger partial charge >= 0.3 is 14.2 Å². The predicted octanol–water partition coefficient (Wildman–Crippen LogP) is 2.19. The lowest BCUT2D eigenvalue weighted by Gasteiger charge is -2.03. The Morgan fingerprint density at radius 1 is 1.45 bits per heavy atom. The quantitative estimate of drug-likeness (QED) is 0.585. The molecule has 0 radical (unpaired) electrons. The maximum Gasteiger partial charge on any atom is 0.751 e. The summed E-state index contributed by atoms with van der Waals surface area (Å²) < 4.78 is 26.5. The minimum absolute atomic E-state index is 0.241. The Bertz CT molecular complexity index is 466. The van der Waals surface area contributed by atoms with Crippen molar-refractivity contribution in [1.29, 1.82) is 0 Å². The van der Waals surface area contributed by atoms with Crippen LogP contribution >= 0.6 is 8.25 Å². The first kappa shape index (κ1) is 16.6. The Balaban J connectivity index is 2.53. The molecule has 0 fully saturated rings. The smallest absolute Gasteiger partial charge is 0.464 e. The van der Waals surface area contributed by atoms with E-state index >= 15 is 0 Å². The molecule has 0 aliphatic carbocycles. The van der Waals surface area contributed by atoms with Gasteiger partial charge in [0.05, 0.1) is 6.61 Å². The summed E-state index contributed by atoms with van der Waals surface area (Å²) in [6, 6.07) is 7.07. The number of benzene rings is 1. The summed E-state index contributed by atoms with van der Waals surface area (Å²) in [7, 11) is -2.44. The highest BCUT2D eigenvalue weighted by molar-refractivity contribution is 7.33. The van der Waals surface area contributed by atoms with E-state index in [2.05, 4.69) is 0 Å². The molecule has 110 valence electrons. The van der Waals surface area contributed by atoms with E-state index in [4.69, 9.17) is 19.5 Å². The molecule has 0 saturated heterocycles. The number of rotatable bonds is 8. The molecule has 2 atom stereocenters. The van der Waals surface area contributed by atoms with Crippen molar-refractivity contribution >= 4 is 14.2 Å². The fourth-order valence-electron chi connectivity index (χ4n) is 1.46. The van der Waals surface area contributed by atoms with E-state index in [1.807, 2.05) is 6.07 Å². The van der Waals surface area contributed by atoms with Crippen LogP contribution < -0.4 is 10.3 Å². The van der Waals surface area contributed by atoms with Crippen molar-refractivity contribution in [1.82, 2.24) is 0 Å². The number of nitrogens with two attached hydrogens (primary N) is 1. The van der Waals surface area contributed by atoms with E-state index in [9.17, 15) is 9.36 Å². The molecule has 20 heavy (non-hydrogen) atoms. The molecule has 0 bridgehead atoms. The third-order valence-corrected chi connectivity index (χ3v) is 3.22. The Kier molecular flexibility index (Phi) is 7.15. The maximum atomic E-state index is 11.7. The maximum absolute atomic E-state index is 11.7. The molecule has 0 spiro atoms. The van der Waals surface area contributed by atoms with Gasteiger partial charge in [-0.25, -0.2) is 9.32 Å². The van der Waals surface area contributed by atoms with Crippen LogP contribution in [0, 0.1) is 0 Å². The van der Waals surface area contributed by atoms with E-state index in [-0.39, 0.29) is 6.61 Å². The highest BCUT2D eigenvalue weighted by Crippen LogP contribution is 2.30. The normalized spacial score (nSPS) is 12.7. The molecule has 1 aromatic rings.